The van der Waals surface area contributed by atoms with Crippen molar-refractivity contribution in [1.29, 1.82) is 0 Å². The van der Waals surface area contributed by atoms with Crippen molar-refractivity contribution in [2.75, 3.05) is 0 Å². The van der Waals surface area contributed by atoms with Gasteiger partial charge >= 0.3 is 0 Å². The summed E-state index contributed by atoms with van der Waals surface area (Å²) in [4.78, 5) is 12.0. The van der Waals surface area contributed by atoms with Gasteiger partial charge in [-0.1, -0.05) is 38.3 Å². The molecule has 0 bridgehead atoms. The molecule has 1 amide bonds. The second-order valence-corrected chi connectivity index (χ2v) is 7.70. The number of aromatic nitrogens is 1. The average molecular weight is 347 g/mol. The van der Waals surface area contributed by atoms with E-state index in [0.717, 1.165) is 35.2 Å². The molecule has 0 spiro atoms. The van der Waals surface area contributed by atoms with E-state index in [1.807, 2.05) is 12.1 Å². The van der Waals surface area contributed by atoms with Crippen molar-refractivity contribution >= 4 is 27.7 Å². The van der Waals surface area contributed by atoms with Gasteiger partial charge in [-0.3, -0.25) is 4.79 Å². The van der Waals surface area contributed by atoms with Gasteiger partial charge < -0.3 is 10.3 Å². The van der Waals surface area contributed by atoms with Crippen LogP contribution in [-0.4, -0.2) is 10.5 Å². The second kappa shape index (κ2) is 7.14. The van der Waals surface area contributed by atoms with Crippen LogP contribution in [0.3, 0.4) is 0 Å². The molecule has 1 aliphatic carbocycles. The summed E-state index contributed by atoms with van der Waals surface area (Å²) in [5.74, 6) is 0.365. The van der Waals surface area contributed by atoms with Gasteiger partial charge in [0.1, 0.15) is 0 Å². The molecule has 3 heteroatoms. The van der Waals surface area contributed by atoms with E-state index < -0.39 is 0 Å². The van der Waals surface area contributed by atoms with Crippen molar-refractivity contribution < 1.29 is 4.79 Å². The lowest BCUT2D eigenvalue weighted by Gasteiger charge is -2.14. The Balaban J connectivity index is 1.93. The molecule has 0 unspecified atom stereocenters. The number of carbonyl (C=O) groups excluding carboxylic acids is 1. The third-order valence-electron chi connectivity index (χ3n) is 5.85. The molecule has 1 fully saturated rings. The largest absolute Gasteiger partial charge is 0.366 e. The lowest BCUT2D eigenvalue weighted by molar-refractivity contribution is 0.100. The average Bonchev–Trinajstić information content (AvgIpc) is 3.27. The molecule has 2 N–H and O–H groups in total. The first-order chi connectivity index (χ1) is 12.7. The summed E-state index contributed by atoms with van der Waals surface area (Å²) < 4.78 is 2.42. The number of nitrogens with zero attached hydrogens (tertiary/aromatic N) is 1. The fraction of sp³-hybridized carbons (Fsp3) is 0.435. The van der Waals surface area contributed by atoms with Gasteiger partial charge in [-0.05, 0) is 61.4 Å². The van der Waals surface area contributed by atoms with Crippen LogP contribution in [0.2, 0.25) is 0 Å². The van der Waals surface area contributed by atoms with Gasteiger partial charge in [-0.15, -0.1) is 0 Å². The Morgan fingerprint density at radius 1 is 1.27 bits per heavy atom. The molecule has 1 radical (unpaired) electrons. The van der Waals surface area contributed by atoms with Crippen LogP contribution in [0.4, 0.5) is 0 Å². The summed E-state index contributed by atoms with van der Waals surface area (Å²) in [6.45, 7) is 3.24. The van der Waals surface area contributed by atoms with Crippen LogP contribution in [-0.2, 0) is 13.0 Å². The molecule has 1 aliphatic rings. The zero-order valence-corrected chi connectivity index (χ0v) is 15.6. The maximum Gasteiger partial charge on any atom is 0.249 e. The first-order valence-electron chi connectivity index (χ1n) is 9.94. The first kappa shape index (κ1) is 17.1. The molecule has 1 heterocycles. The maximum absolute atomic E-state index is 12.0. The summed E-state index contributed by atoms with van der Waals surface area (Å²) in [5, 5.41) is 2.00. The summed E-state index contributed by atoms with van der Waals surface area (Å²) in [7, 11) is 0. The minimum absolute atomic E-state index is 0.362. The first-order valence-corrected chi connectivity index (χ1v) is 9.94. The van der Waals surface area contributed by atoms with Crippen molar-refractivity contribution in [3.05, 3.63) is 47.5 Å². The van der Waals surface area contributed by atoms with E-state index in [-0.39, 0.29) is 5.91 Å². The standard InChI is InChI=1S/C23H27N2O/c1-2-3-7-16-12-13-18-21(14-16)25(15-17-8-4-5-9-17)20-11-6-10-19(22(18)20)23(24)26/h6,10-12,14,17H,2-5,7-9,15H2,1H3,(H2,24,26). The molecule has 0 aliphatic heterocycles. The number of hydrogen-bond donors (Lipinski definition) is 1. The summed E-state index contributed by atoms with van der Waals surface area (Å²) in [6, 6.07) is 13.8. The Morgan fingerprint density at radius 3 is 2.81 bits per heavy atom. The number of primary amides is 1. The zero-order valence-electron chi connectivity index (χ0n) is 15.6. The fourth-order valence-corrected chi connectivity index (χ4v) is 4.48. The smallest absolute Gasteiger partial charge is 0.249 e. The summed E-state index contributed by atoms with van der Waals surface area (Å²) in [6.07, 6.45) is 8.73. The van der Waals surface area contributed by atoms with Gasteiger partial charge in [-0.25, -0.2) is 0 Å². The van der Waals surface area contributed by atoms with Gasteiger partial charge in [-0.2, -0.15) is 0 Å². The predicted octanol–water partition coefficient (Wildman–Crippen LogP) is 5.23. The Kier molecular flexibility index (Phi) is 4.71. The Labute approximate surface area is 155 Å². The molecule has 1 saturated carbocycles. The molecule has 135 valence electrons. The van der Waals surface area contributed by atoms with Crippen molar-refractivity contribution in [2.45, 2.75) is 58.4 Å². The number of aryl methyl sites for hydroxylation is 1. The lowest BCUT2D eigenvalue weighted by atomic mass is 10.0. The quantitative estimate of drug-likeness (QED) is 0.652. The van der Waals surface area contributed by atoms with Crippen molar-refractivity contribution in [2.24, 2.45) is 11.7 Å². The monoisotopic (exact) mass is 347 g/mol. The van der Waals surface area contributed by atoms with Crippen LogP contribution in [0, 0.1) is 12.0 Å². The highest BCUT2D eigenvalue weighted by Gasteiger charge is 2.21. The SMILES string of the molecule is CCCCc1c[c]c2c3c(C(N)=O)cccc3n(CC3CCCC3)c2c1. The normalized spacial score (nSPS) is 15.3. The molecule has 2 aromatic carbocycles. The third kappa shape index (κ3) is 3.00. The highest BCUT2D eigenvalue weighted by molar-refractivity contribution is 6.17. The van der Waals surface area contributed by atoms with E-state index >= 15 is 0 Å². The van der Waals surface area contributed by atoms with Crippen LogP contribution in [0.5, 0.6) is 0 Å². The van der Waals surface area contributed by atoms with Crippen molar-refractivity contribution in [3.8, 4) is 0 Å². The topological polar surface area (TPSA) is 48.0 Å². The molecule has 4 rings (SSSR count). The van der Waals surface area contributed by atoms with Crippen LogP contribution < -0.4 is 5.73 Å². The number of unbranched alkanes of at least 4 members (excludes halogenated alkanes) is 1. The molecular formula is C23H27N2O. The van der Waals surface area contributed by atoms with E-state index in [4.69, 9.17) is 5.73 Å². The Morgan fingerprint density at radius 2 is 2.08 bits per heavy atom. The number of benzene rings is 2. The summed E-state index contributed by atoms with van der Waals surface area (Å²) in [5.41, 5.74) is 9.93. The van der Waals surface area contributed by atoms with E-state index in [1.165, 1.54) is 49.6 Å². The summed E-state index contributed by atoms with van der Waals surface area (Å²) >= 11 is 0. The van der Waals surface area contributed by atoms with Crippen LogP contribution in [0.15, 0.2) is 30.3 Å². The maximum atomic E-state index is 12.0. The van der Waals surface area contributed by atoms with Crippen molar-refractivity contribution in [3.63, 3.8) is 0 Å². The Hall–Kier alpha value is -2.29. The molecule has 1 aromatic heterocycles. The van der Waals surface area contributed by atoms with Gasteiger partial charge in [0.25, 0.3) is 0 Å². The van der Waals surface area contributed by atoms with E-state index in [0.29, 0.717) is 5.56 Å². The number of carbonyl (C=O) groups is 1. The molecule has 26 heavy (non-hydrogen) atoms. The number of hydrogen-bond acceptors (Lipinski definition) is 1. The predicted molar refractivity (Wildman–Crippen MR) is 107 cm³/mol. The van der Waals surface area contributed by atoms with Gasteiger partial charge in [0.2, 0.25) is 5.91 Å². The number of rotatable bonds is 6. The van der Waals surface area contributed by atoms with E-state index in [9.17, 15) is 4.79 Å². The second-order valence-electron chi connectivity index (χ2n) is 7.70. The van der Waals surface area contributed by atoms with Gasteiger partial charge in [0.05, 0.1) is 5.52 Å². The van der Waals surface area contributed by atoms with Crippen LogP contribution in [0.25, 0.3) is 21.8 Å². The molecule has 3 nitrogen and oxygen atoms in total. The van der Waals surface area contributed by atoms with Gasteiger partial charge in [0, 0.05) is 28.4 Å². The highest BCUT2D eigenvalue weighted by atomic mass is 16.1. The van der Waals surface area contributed by atoms with Crippen molar-refractivity contribution in [1.82, 2.24) is 4.57 Å². The van der Waals surface area contributed by atoms with Crippen LogP contribution >= 0.6 is 0 Å². The fourth-order valence-electron chi connectivity index (χ4n) is 4.48. The van der Waals surface area contributed by atoms with E-state index in [1.54, 1.807) is 0 Å². The molecule has 3 aromatic rings. The lowest BCUT2D eigenvalue weighted by Crippen LogP contribution is -2.11. The third-order valence-corrected chi connectivity index (χ3v) is 5.85. The molecular weight excluding hydrogens is 320 g/mol. The Bertz CT molecular complexity index is 948. The highest BCUT2D eigenvalue weighted by Crippen LogP contribution is 2.35. The number of fused-ring (bicyclic) bond motifs is 3. The molecule has 0 saturated heterocycles. The van der Waals surface area contributed by atoms with Gasteiger partial charge in [0.15, 0.2) is 0 Å². The van der Waals surface area contributed by atoms with E-state index in [2.05, 4.69) is 35.8 Å². The minimum Gasteiger partial charge on any atom is -0.366 e. The molecule has 0 atom stereocenters. The van der Waals surface area contributed by atoms with Crippen LogP contribution in [0.1, 0.15) is 61.4 Å². The zero-order chi connectivity index (χ0) is 18.1. The minimum atomic E-state index is -0.362. The number of amides is 1. The number of nitrogens with two attached hydrogens (primary N) is 1.